The van der Waals surface area contributed by atoms with Gasteiger partial charge in [-0.2, -0.15) is 0 Å². The lowest BCUT2D eigenvalue weighted by atomic mass is 10.0. The summed E-state index contributed by atoms with van der Waals surface area (Å²) in [5, 5.41) is 12.7. The minimum atomic E-state index is -1.74. The quantitative estimate of drug-likeness (QED) is 0.198. The van der Waals surface area contributed by atoms with Crippen molar-refractivity contribution >= 4 is 17.4 Å². The molecule has 9 heteroatoms. The largest absolute Gasteiger partial charge is 0.409 e. The van der Waals surface area contributed by atoms with E-state index in [1.807, 2.05) is 0 Å². The summed E-state index contributed by atoms with van der Waals surface area (Å²) in [5.41, 5.74) is 3.95. The van der Waals surface area contributed by atoms with Crippen LogP contribution in [-0.4, -0.2) is 17.0 Å². The van der Waals surface area contributed by atoms with Gasteiger partial charge in [-0.05, 0) is 6.42 Å². The number of hydrogen-bond donors (Lipinski definition) is 3. The van der Waals surface area contributed by atoms with E-state index in [-0.39, 0.29) is 12.5 Å². The first-order valence-electron chi connectivity index (χ1n) is 5.44. The molecule has 0 fully saturated rings. The van der Waals surface area contributed by atoms with Crippen molar-refractivity contribution in [1.29, 1.82) is 0 Å². The minimum absolute atomic E-state index is 0.0150. The van der Waals surface area contributed by atoms with Crippen molar-refractivity contribution in [2.24, 2.45) is 16.8 Å². The van der Waals surface area contributed by atoms with Crippen molar-refractivity contribution in [3.05, 3.63) is 29.3 Å². The van der Waals surface area contributed by atoms with Crippen LogP contribution in [0, 0.1) is 29.2 Å². The van der Waals surface area contributed by atoms with Gasteiger partial charge < -0.3 is 16.3 Å². The molecule has 0 aliphatic rings. The average molecular weight is 293 g/mol. The lowest BCUT2D eigenvalue weighted by Crippen LogP contribution is -2.34. The van der Waals surface area contributed by atoms with E-state index < -0.39 is 46.6 Å². The van der Waals surface area contributed by atoms with Gasteiger partial charge >= 0.3 is 0 Å². The number of anilines is 1. The van der Waals surface area contributed by atoms with E-state index in [0.717, 1.165) is 0 Å². The fourth-order valence-electron chi connectivity index (χ4n) is 1.49. The number of carbonyl (C=O) groups excluding carboxylic acids is 1. The maximum atomic E-state index is 13.3. The Morgan fingerprint density at radius 3 is 2.25 bits per heavy atom. The third-order valence-electron chi connectivity index (χ3n) is 2.56. The number of carbonyl (C=O) groups is 1. The number of halogens is 4. The first kappa shape index (κ1) is 15.7. The lowest BCUT2D eigenvalue weighted by Gasteiger charge is -2.14. The number of benzene rings is 1. The molecule has 1 amide bonds. The molecule has 20 heavy (non-hydrogen) atoms. The van der Waals surface area contributed by atoms with Crippen molar-refractivity contribution in [2.75, 3.05) is 5.32 Å². The topological polar surface area (TPSA) is 87.7 Å². The highest BCUT2D eigenvalue weighted by Crippen LogP contribution is 2.24. The molecule has 0 spiro atoms. The smallest absolute Gasteiger partial charge is 0.235 e. The van der Waals surface area contributed by atoms with Crippen LogP contribution in [0.2, 0.25) is 0 Å². The van der Waals surface area contributed by atoms with Gasteiger partial charge in [-0.3, -0.25) is 4.79 Å². The summed E-state index contributed by atoms with van der Waals surface area (Å²) >= 11 is 0. The van der Waals surface area contributed by atoms with Gasteiger partial charge in [-0.1, -0.05) is 12.1 Å². The summed E-state index contributed by atoms with van der Waals surface area (Å²) in [7, 11) is 0. The molecule has 0 aliphatic carbocycles. The molecular formula is C11H11F4N3O2. The van der Waals surface area contributed by atoms with Gasteiger partial charge in [0.25, 0.3) is 0 Å². The molecule has 1 atom stereocenters. The molecule has 0 saturated carbocycles. The summed E-state index contributed by atoms with van der Waals surface area (Å²) in [6, 6.07) is 0.0150. The van der Waals surface area contributed by atoms with Crippen LogP contribution in [0.3, 0.4) is 0 Å². The molecule has 0 aromatic heterocycles. The fourth-order valence-corrected chi connectivity index (χ4v) is 1.49. The molecule has 5 nitrogen and oxygen atoms in total. The maximum Gasteiger partial charge on any atom is 0.235 e. The standard InChI is InChI=1S/C11H11F4N3O2/c1-2-4(10(16)18-20)11(19)17-9-7(14)5(12)3-6(13)8(9)15/h3-4,20H,2H2,1H3,(H2,16,18)(H,17,19). The zero-order valence-corrected chi connectivity index (χ0v) is 10.3. The first-order chi connectivity index (χ1) is 9.33. The summed E-state index contributed by atoms with van der Waals surface area (Å²) in [6.45, 7) is 1.49. The number of rotatable bonds is 4. The van der Waals surface area contributed by atoms with Crippen molar-refractivity contribution < 1.29 is 27.6 Å². The highest BCUT2D eigenvalue weighted by Gasteiger charge is 2.26. The Labute approximate surface area is 111 Å². The van der Waals surface area contributed by atoms with Crippen LogP contribution in [0.5, 0.6) is 0 Å². The second-order valence-corrected chi connectivity index (χ2v) is 3.82. The molecule has 1 aromatic rings. The van der Waals surface area contributed by atoms with Gasteiger partial charge in [0.05, 0.1) is 5.92 Å². The molecule has 1 unspecified atom stereocenters. The Balaban J connectivity index is 3.14. The zero-order chi connectivity index (χ0) is 15.4. The highest BCUT2D eigenvalue weighted by atomic mass is 19.2. The van der Waals surface area contributed by atoms with Gasteiger partial charge in [0.15, 0.2) is 29.1 Å². The molecule has 0 heterocycles. The number of nitrogens with two attached hydrogens (primary N) is 1. The SMILES string of the molecule is CCC(C(=O)Nc1c(F)c(F)cc(F)c1F)/C(N)=N/O. The summed E-state index contributed by atoms with van der Waals surface area (Å²) in [6.07, 6.45) is 0.0444. The van der Waals surface area contributed by atoms with Gasteiger partial charge in [0, 0.05) is 6.07 Å². The van der Waals surface area contributed by atoms with E-state index in [0.29, 0.717) is 0 Å². The second-order valence-electron chi connectivity index (χ2n) is 3.82. The lowest BCUT2D eigenvalue weighted by molar-refractivity contribution is -0.118. The Morgan fingerprint density at radius 2 is 1.85 bits per heavy atom. The minimum Gasteiger partial charge on any atom is -0.409 e. The van der Waals surface area contributed by atoms with Crippen LogP contribution in [-0.2, 0) is 4.79 Å². The van der Waals surface area contributed by atoms with E-state index in [1.165, 1.54) is 6.92 Å². The van der Waals surface area contributed by atoms with E-state index in [1.54, 1.807) is 5.32 Å². The molecule has 0 radical (unpaired) electrons. The number of hydrogen-bond acceptors (Lipinski definition) is 3. The molecule has 4 N–H and O–H groups in total. The van der Waals surface area contributed by atoms with Crippen LogP contribution in [0.4, 0.5) is 23.2 Å². The molecule has 0 saturated heterocycles. The molecule has 0 bridgehead atoms. The second kappa shape index (κ2) is 6.22. The fraction of sp³-hybridized carbons (Fsp3) is 0.273. The van der Waals surface area contributed by atoms with Gasteiger partial charge in [0.2, 0.25) is 5.91 Å². The Bertz CT molecular complexity index is 537. The van der Waals surface area contributed by atoms with Crippen molar-refractivity contribution in [3.63, 3.8) is 0 Å². The third kappa shape index (κ3) is 2.98. The highest BCUT2D eigenvalue weighted by molar-refractivity contribution is 6.07. The monoisotopic (exact) mass is 293 g/mol. The van der Waals surface area contributed by atoms with E-state index in [4.69, 9.17) is 10.9 Å². The van der Waals surface area contributed by atoms with Crippen LogP contribution in [0.25, 0.3) is 0 Å². The predicted octanol–water partition coefficient (Wildman–Crippen LogP) is 1.95. The average Bonchev–Trinajstić information content (AvgIpc) is 2.41. The van der Waals surface area contributed by atoms with Crippen molar-refractivity contribution in [1.82, 2.24) is 0 Å². The number of nitrogens with one attached hydrogen (secondary N) is 1. The van der Waals surface area contributed by atoms with Crippen LogP contribution >= 0.6 is 0 Å². The maximum absolute atomic E-state index is 13.3. The zero-order valence-electron chi connectivity index (χ0n) is 10.3. The summed E-state index contributed by atoms with van der Waals surface area (Å²) in [5.74, 6) is -9.57. The predicted molar refractivity (Wildman–Crippen MR) is 62.1 cm³/mol. The van der Waals surface area contributed by atoms with Crippen molar-refractivity contribution in [2.45, 2.75) is 13.3 Å². The first-order valence-corrected chi connectivity index (χ1v) is 5.44. The molecule has 0 aliphatic heterocycles. The number of amides is 1. The number of nitrogens with zero attached hydrogens (tertiary/aromatic N) is 1. The van der Waals surface area contributed by atoms with Crippen LogP contribution < -0.4 is 11.1 Å². The Hall–Kier alpha value is -2.32. The van der Waals surface area contributed by atoms with E-state index >= 15 is 0 Å². The number of oxime groups is 1. The Morgan fingerprint density at radius 1 is 1.35 bits per heavy atom. The Kier molecular flexibility index (Phi) is 4.89. The van der Waals surface area contributed by atoms with Gasteiger partial charge in [-0.25, -0.2) is 17.6 Å². The van der Waals surface area contributed by atoms with Crippen LogP contribution in [0.15, 0.2) is 11.2 Å². The molecule has 1 rings (SSSR count). The molecule has 1 aromatic carbocycles. The van der Waals surface area contributed by atoms with Gasteiger partial charge in [0.1, 0.15) is 5.69 Å². The van der Waals surface area contributed by atoms with Crippen LogP contribution in [0.1, 0.15) is 13.3 Å². The number of amidine groups is 1. The van der Waals surface area contributed by atoms with Crippen molar-refractivity contribution in [3.8, 4) is 0 Å². The normalized spacial score (nSPS) is 13.2. The van der Waals surface area contributed by atoms with E-state index in [9.17, 15) is 22.4 Å². The molecule has 110 valence electrons. The summed E-state index contributed by atoms with van der Waals surface area (Å²) in [4.78, 5) is 11.7. The molecular weight excluding hydrogens is 282 g/mol. The third-order valence-corrected chi connectivity index (χ3v) is 2.56. The summed E-state index contributed by atoms with van der Waals surface area (Å²) < 4.78 is 52.6. The van der Waals surface area contributed by atoms with Gasteiger partial charge in [-0.15, -0.1) is 0 Å². The van der Waals surface area contributed by atoms with E-state index in [2.05, 4.69) is 5.16 Å².